The van der Waals surface area contributed by atoms with Crippen LogP contribution in [0.3, 0.4) is 0 Å². The number of likely N-dealkylation sites (tertiary alicyclic amines) is 1. The third-order valence-corrected chi connectivity index (χ3v) is 5.54. The van der Waals surface area contributed by atoms with Crippen LogP contribution in [0, 0.1) is 5.92 Å². The summed E-state index contributed by atoms with van der Waals surface area (Å²) in [5.74, 6) is 1.00. The van der Waals surface area contributed by atoms with E-state index in [-0.39, 0.29) is 0 Å². The van der Waals surface area contributed by atoms with Crippen LogP contribution in [0.4, 0.5) is 0 Å². The van der Waals surface area contributed by atoms with E-state index < -0.39 is 0 Å². The first-order chi connectivity index (χ1) is 8.70. The highest BCUT2D eigenvalue weighted by atomic mass is 15.2. The summed E-state index contributed by atoms with van der Waals surface area (Å²) >= 11 is 0. The van der Waals surface area contributed by atoms with Gasteiger partial charge in [0.05, 0.1) is 0 Å². The molecule has 0 bridgehead atoms. The summed E-state index contributed by atoms with van der Waals surface area (Å²) in [6.45, 7) is 10.9. The van der Waals surface area contributed by atoms with Crippen LogP contribution in [0.15, 0.2) is 0 Å². The lowest BCUT2D eigenvalue weighted by atomic mass is 9.75. The predicted octanol–water partition coefficient (Wildman–Crippen LogP) is 3.42. The van der Waals surface area contributed by atoms with Gasteiger partial charge in [0, 0.05) is 11.6 Å². The molecule has 2 fully saturated rings. The van der Waals surface area contributed by atoms with Crippen LogP contribution in [0.1, 0.15) is 65.7 Å². The molecule has 2 unspecified atom stereocenters. The molecule has 0 aromatic carbocycles. The van der Waals surface area contributed by atoms with E-state index >= 15 is 0 Å². The first kappa shape index (κ1) is 14.3. The molecule has 1 heterocycles. The monoisotopic (exact) mass is 252 g/mol. The van der Waals surface area contributed by atoms with Crippen molar-refractivity contribution in [2.75, 3.05) is 19.6 Å². The van der Waals surface area contributed by atoms with Crippen LogP contribution in [0.25, 0.3) is 0 Å². The third kappa shape index (κ3) is 2.91. The van der Waals surface area contributed by atoms with Crippen LogP contribution in [-0.4, -0.2) is 36.1 Å². The zero-order valence-corrected chi connectivity index (χ0v) is 12.7. The van der Waals surface area contributed by atoms with Crippen LogP contribution in [0.5, 0.6) is 0 Å². The van der Waals surface area contributed by atoms with E-state index in [1.165, 1.54) is 58.0 Å². The molecule has 2 aliphatic rings. The number of nitrogens with zero attached hydrogens (tertiary/aromatic N) is 1. The molecule has 106 valence electrons. The molecule has 2 heteroatoms. The first-order valence-electron chi connectivity index (χ1n) is 8.19. The fraction of sp³-hybridized carbons (Fsp3) is 1.00. The van der Waals surface area contributed by atoms with Crippen molar-refractivity contribution in [2.24, 2.45) is 5.92 Å². The summed E-state index contributed by atoms with van der Waals surface area (Å²) in [7, 11) is 0. The fourth-order valence-corrected chi connectivity index (χ4v) is 3.78. The van der Waals surface area contributed by atoms with Crippen LogP contribution in [-0.2, 0) is 0 Å². The lowest BCUT2D eigenvalue weighted by molar-refractivity contribution is 0.0654. The highest BCUT2D eigenvalue weighted by Crippen LogP contribution is 2.36. The van der Waals surface area contributed by atoms with Crippen molar-refractivity contribution < 1.29 is 0 Å². The van der Waals surface area contributed by atoms with E-state index in [1.54, 1.807) is 0 Å². The molecular formula is C16H32N2. The van der Waals surface area contributed by atoms with Gasteiger partial charge < -0.3 is 5.32 Å². The summed E-state index contributed by atoms with van der Waals surface area (Å²) in [5, 5.41) is 3.81. The lowest BCUT2D eigenvalue weighted by Crippen LogP contribution is -2.59. The smallest absolute Gasteiger partial charge is 0.0331 e. The van der Waals surface area contributed by atoms with Crippen LogP contribution in [0.2, 0.25) is 0 Å². The summed E-state index contributed by atoms with van der Waals surface area (Å²) in [6, 6.07) is 0.691. The third-order valence-electron chi connectivity index (χ3n) is 5.54. The summed E-state index contributed by atoms with van der Waals surface area (Å²) in [5.41, 5.74) is 0.377. The van der Waals surface area contributed by atoms with Crippen molar-refractivity contribution in [3.8, 4) is 0 Å². The zero-order valence-electron chi connectivity index (χ0n) is 12.7. The first-order valence-corrected chi connectivity index (χ1v) is 8.19. The van der Waals surface area contributed by atoms with Crippen molar-refractivity contribution in [1.82, 2.24) is 10.2 Å². The highest BCUT2D eigenvalue weighted by molar-refractivity contribution is 4.99. The lowest BCUT2D eigenvalue weighted by Gasteiger charge is -2.47. The van der Waals surface area contributed by atoms with Gasteiger partial charge in [-0.3, -0.25) is 4.90 Å². The topological polar surface area (TPSA) is 15.3 Å². The maximum atomic E-state index is 3.81. The SMILES string of the molecule is CCNC(CC1CCC1)C(C)(CC)N1CCCC1. The normalized spacial score (nSPS) is 26.8. The minimum absolute atomic E-state index is 0.377. The Labute approximate surface area is 114 Å². The number of nitrogens with one attached hydrogen (secondary N) is 1. The van der Waals surface area contributed by atoms with Gasteiger partial charge in [-0.15, -0.1) is 0 Å². The molecule has 2 nitrogen and oxygen atoms in total. The van der Waals surface area contributed by atoms with Crippen molar-refractivity contribution in [3.05, 3.63) is 0 Å². The van der Waals surface area contributed by atoms with E-state index in [9.17, 15) is 0 Å². The van der Waals surface area contributed by atoms with Crippen molar-refractivity contribution >= 4 is 0 Å². The Kier molecular flexibility index (Phi) is 5.08. The minimum Gasteiger partial charge on any atom is -0.312 e. The molecule has 1 saturated heterocycles. The largest absolute Gasteiger partial charge is 0.312 e. The van der Waals surface area contributed by atoms with Crippen molar-refractivity contribution in [2.45, 2.75) is 77.3 Å². The molecule has 1 aliphatic heterocycles. The van der Waals surface area contributed by atoms with Gasteiger partial charge in [0.15, 0.2) is 0 Å². The van der Waals surface area contributed by atoms with Crippen molar-refractivity contribution in [1.29, 1.82) is 0 Å². The van der Waals surface area contributed by atoms with Gasteiger partial charge in [-0.25, -0.2) is 0 Å². The second-order valence-electron chi connectivity index (χ2n) is 6.55. The molecule has 0 radical (unpaired) electrons. The van der Waals surface area contributed by atoms with E-state index in [4.69, 9.17) is 0 Å². The molecule has 0 aromatic rings. The Morgan fingerprint density at radius 3 is 2.28 bits per heavy atom. The Bertz CT molecular complexity index is 243. The second kappa shape index (κ2) is 6.38. The Balaban J connectivity index is 2.03. The van der Waals surface area contributed by atoms with E-state index in [0.29, 0.717) is 11.6 Å². The van der Waals surface area contributed by atoms with Gasteiger partial charge in [-0.2, -0.15) is 0 Å². The van der Waals surface area contributed by atoms with Gasteiger partial charge >= 0.3 is 0 Å². The Morgan fingerprint density at radius 1 is 1.17 bits per heavy atom. The molecule has 2 rings (SSSR count). The predicted molar refractivity (Wildman–Crippen MR) is 78.9 cm³/mol. The molecule has 1 N–H and O–H groups in total. The number of hydrogen-bond donors (Lipinski definition) is 1. The standard InChI is InChI=1S/C16H32N2/c1-4-16(3,18-11-6-7-12-18)15(17-5-2)13-14-9-8-10-14/h14-15,17H,4-13H2,1-3H3. The van der Waals surface area contributed by atoms with Gasteiger partial charge in [0.25, 0.3) is 0 Å². The molecule has 18 heavy (non-hydrogen) atoms. The summed E-state index contributed by atoms with van der Waals surface area (Å²) in [4.78, 5) is 2.76. The number of hydrogen-bond acceptors (Lipinski definition) is 2. The minimum atomic E-state index is 0.377. The fourth-order valence-electron chi connectivity index (χ4n) is 3.78. The second-order valence-corrected chi connectivity index (χ2v) is 6.55. The molecule has 0 amide bonds. The van der Waals surface area contributed by atoms with Crippen molar-refractivity contribution in [3.63, 3.8) is 0 Å². The Hall–Kier alpha value is -0.0800. The van der Waals surface area contributed by atoms with Gasteiger partial charge in [-0.1, -0.05) is 33.1 Å². The number of rotatable bonds is 7. The average Bonchev–Trinajstić information content (AvgIpc) is 2.85. The molecule has 1 saturated carbocycles. The van der Waals surface area contributed by atoms with Gasteiger partial charge in [0.2, 0.25) is 0 Å². The maximum absolute atomic E-state index is 3.81. The summed E-state index contributed by atoms with van der Waals surface area (Å²) in [6.07, 6.45) is 9.89. The van der Waals surface area contributed by atoms with Gasteiger partial charge in [-0.05, 0) is 58.2 Å². The summed E-state index contributed by atoms with van der Waals surface area (Å²) < 4.78 is 0. The Morgan fingerprint density at radius 2 is 1.83 bits per heavy atom. The maximum Gasteiger partial charge on any atom is 0.0331 e. The average molecular weight is 252 g/mol. The molecule has 2 atom stereocenters. The molecule has 0 aromatic heterocycles. The molecule has 0 spiro atoms. The van der Waals surface area contributed by atoms with E-state index in [0.717, 1.165) is 12.5 Å². The zero-order chi connectivity index (χ0) is 13.0. The van der Waals surface area contributed by atoms with E-state index in [2.05, 4.69) is 31.0 Å². The van der Waals surface area contributed by atoms with Crippen LogP contribution < -0.4 is 5.32 Å². The molecular weight excluding hydrogens is 220 g/mol. The van der Waals surface area contributed by atoms with Gasteiger partial charge in [0.1, 0.15) is 0 Å². The van der Waals surface area contributed by atoms with E-state index in [1.807, 2.05) is 0 Å². The highest BCUT2D eigenvalue weighted by Gasteiger charge is 2.40. The molecule has 1 aliphatic carbocycles. The number of likely N-dealkylation sites (N-methyl/N-ethyl adjacent to an activating group) is 1. The van der Waals surface area contributed by atoms with Crippen LogP contribution >= 0.6 is 0 Å². The quantitative estimate of drug-likeness (QED) is 0.747.